The Balaban J connectivity index is 2.27. The van der Waals surface area contributed by atoms with Crippen LogP contribution in [0.4, 0.5) is 0 Å². The number of allylic oxidation sites excluding steroid dienone is 1. The Morgan fingerprint density at radius 3 is 2.00 bits per heavy atom. The van der Waals surface area contributed by atoms with Gasteiger partial charge in [0.15, 0.2) is 11.6 Å². The highest BCUT2D eigenvalue weighted by atomic mass is 16.2. The summed E-state index contributed by atoms with van der Waals surface area (Å²) < 4.78 is 0. The third-order valence-corrected chi connectivity index (χ3v) is 4.29. The van der Waals surface area contributed by atoms with Gasteiger partial charge in [0.2, 0.25) is 0 Å². The number of hydrogen-bond donors (Lipinski definition) is 2. The van der Waals surface area contributed by atoms with E-state index in [1.165, 1.54) is 0 Å². The molecule has 0 unspecified atom stereocenters. The maximum Gasteiger partial charge on any atom is 0.170 e. The van der Waals surface area contributed by atoms with Crippen molar-refractivity contribution in [3.63, 3.8) is 0 Å². The smallest absolute Gasteiger partial charge is 0.170 e. The molecule has 1 heterocycles. The van der Waals surface area contributed by atoms with Crippen LogP contribution in [0.1, 0.15) is 40.0 Å². The molecule has 0 aromatic carbocycles. The van der Waals surface area contributed by atoms with Crippen LogP contribution in [0.2, 0.25) is 0 Å². The molecule has 1 saturated heterocycles. The van der Waals surface area contributed by atoms with Gasteiger partial charge in [0.05, 0.1) is 0 Å². The van der Waals surface area contributed by atoms with Gasteiger partial charge in [-0.15, -0.1) is 0 Å². The quantitative estimate of drug-likeness (QED) is 0.545. The number of rotatable bonds is 1. The zero-order chi connectivity index (χ0) is 13.3. The van der Waals surface area contributed by atoms with Crippen LogP contribution in [0.3, 0.4) is 0 Å². The zero-order valence-electron chi connectivity index (χ0n) is 11.4. The van der Waals surface area contributed by atoms with Crippen LogP contribution in [-0.2, 0) is 9.59 Å². The van der Waals surface area contributed by atoms with E-state index in [0.717, 1.165) is 19.5 Å². The molecular formula is C14H22N2O2. The highest BCUT2D eigenvalue weighted by Gasteiger charge is 2.42. The van der Waals surface area contributed by atoms with Gasteiger partial charge in [-0.2, -0.15) is 0 Å². The third kappa shape index (κ3) is 2.28. The molecule has 0 spiro atoms. The van der Waals surface area contributed by atoms with Crippen LogP contribution in [0.15, 0.2) is 11.4 Å². The summed E-state index contributed by atoms with van der Waals surface area (Å²) in [6.45, 7) is 7.85. The van der Waals surface area contributed by atoms with Crippen LogP contribution in [0.25, 0.3) is 0 Å². The third-order valence-electron chi connectivity index (χ3n) is 4.29. The van der Waals surface area contributed by atoms with E-state index in [1.807, 2.05) is 6.92 Å². The van der Waals surface area contributed by atoms with E-state index in [2.05, 4.69) is 24.5 Å². The van der Waals surface area contributed by atoms with E-state index in [1.54, 1.807) is 0 Å². The molecule has 1 aliphatic carbocycles. The lowest BCUT2D eigenvalue weighted by Gasteiger charge is -2.37. The van der Waals surface area contributed by atoms with Crippen molar-refractivity contribution in [2.75, 3.05) is 13.1 Å². The molecule has 0 radical (unpaired) electrons. The van der Waals surface area contributed by atoms with Crippen molar-refractivity contribution in [1.82, 2.24) is 10.6 Å². The number of carbonyl (C=O) groups is 2. The summed E-state index contributed by atoms with van der Waals surface area (Å²) in [6, 6.07) is 0. The maximum atomic E-state index is 12.3. The topological polar surface area (TPSA) is 58.2 Å². The fourth-order valence-corrected chi connectivity index (χ4v) is 2.57. The predicted molar refractivity (Wildman–Crippen MR) is 69.8 cm³/mol. The van der Waals surface area contributed by atoms with Gasteiger partial charge in [-0.05, 0) is 17.8 Å². The van der Waals surface area contributed by atoms with Crippen molar-refractivity contribution < 1.29 is 9.59 Å². The van der Waals surface area contributed by atoms with Gasteiger partial charge in [-0.1, -0.05) is 20.8 Å². The molecule has 100 valence electrons. The molecule has 4 heteroatoms. The summed E-state index contributed by atoms with van der Waals surface area (Å²) in [5.41, 5.74) is 0.181. The molecule has 18 heavy (non-hydrogen) atoms. The summed E-state index contributed by atoms with van der Waals surface area (Å²) >= 11 is 0. The van der Waals surface area contributed by atoms with Crippen LogP contribution < -0.4 is 10.6 Å². The van der Waals surface area contributed by atoms with Crippen molar-refractivity contribution in [2.45, 2.75) is 40.0 Å². The first-order chi connectivity index (χ1) is 8.44. The van der Waals surface area contributed by atoms with E-state index in [0.29, 0.717) is 30.2 Å². The number of hydrogen-bond acceptors (Lipinski definition) is 4. The van der Waals surface area contributed by atoms with E-state index in [-0.39, 0.29) is 17.0 Å². The van der Waals surface area contributed by atoms with Crippen LogP contribution in [0, 0.1) is 11.3 Å². The van der Waals surface area contributed by atoms with Crippen molar-refractivity contribution in [2.24, 2.45) is 11.3 Å². The normalized spacial score (nSPS) is 29.3. The Labute approximate surface area is 108 Å². The minimum absolute atomic E-state index is 0.0145. The lowest BCUT2D eigenvalue weighted by Crippen LogP contribution is -2.43. The van der Waals surface area contributed by atoms with Crippen molar-refractivity contribution in [3.8, 4) is 0 Å². The molecule has 0 amide bonds. The second-order valence-corrected chi connectivity index (χ2v) is 5.97. The van der Waals surface area contributed by atoms with Crippen molar-refractivity contribution in [3.05, 3.63) is 11.4 Å². The monoisotopic (exact) mass is 250 g/mol. The van der Waals surface area contributed by atoms with Gasteiger partial charge < -0.3 is 10.6 Å². The summed E-state index contributed by atoms with van der Waals surface area (Å²) in [5, 5.41) is 6.27. The fraction of sp³-hybridized carbons (Fsp3) is 0.714. The minimum Gasteiger partial charge on any atom is -0.371 e. The number of carbonyl (C=O) groups excluding carboxylic acids is 2. The lowest BCUT2D eigenvalue weighted by atomic mass is 9.66. The van der Waals surface area contributed by atoms with Crippen LogP contribution in [0.5, 0.6) is 0 Å². The summed E-state index contributed by atoms with van der Waals surface area (Å²) in [6.07, 6.45) is 1.96. The Bertz CT molecular complexity index is 382. The molecule has 0 aromatic rings. The molecule has 0 aromatic heterocycles. The van der Waals surface area contributed by atoms with Crippen LogP contribution >= 0.6 is 0 Å². The van der Waals surface area contributed by atoms with Gasteiger partial charge in [0.1, 0.15) is 11.4 Å². The summed E-state index contributed by atoms with van der Waals surface area (Å²) in [7, 11) is 0. The Hall–Kier alpha value is -1.32. The van der Waals surface area contributed by atoms with Crippen molar-refractivity contribution >= 4 is 11.6 Å². The van der Waals surface area contributed by atoms with Gasteiger partial charge in [0, 0.05) is 25.9 Å². The average molecular weight is 250 g/mol. The minimum atomic E-state index is -0.188. The van der Waals surface area contributed by atoms with E-state index in [9.17, 15) is 9.59 Å². The first-order valence-corrected chi connectivity index (χ1v) is 6.72. The molecule has 2 fully saturated rings. The predicted octanol–water partition coefficient (Wildman–Crippen LogP) is 1.38. The molecule has 1 saturated carbocycles. The molecule has 2 rings (SSSR count). The Kier molecular flexibility index (Phi) is 3.46. The first kappa shape index (κ1) is 13.1. The largest absolute Gasteiger partial charge is 0.371 e. The summed E-state index contributed by atoms with van der Waals surface area (Å²) in [4.78, 5) is 24.5. The maximum absolute atomic E-state index is 12.3. The Morgan fingerprint density at radius 2 is 1.56 bits per heavy atom. The second kappa shape index (κ2) is 4.75. The van der Waals surface area contributed by atoms with Gasteiger partial charge in [-0.25, -0.2) is 0 Å². The number of ketones is 2. The van der Waals surface area contributed by atoms with E-state index < -0.39 is 0 Å². The molecular weight excluding hydrogens is 228 g/mol. The van der Waals surface area contributed by atoms with E-state index >= 15 is 0 Å². The molecule has 2 N–H and O–H groups in total. The fourth-order valence-electron chi connectivity index (χ4n) is 2.57. The first-order valence-electron chi connectivity index (χ1n) is 6.72. The molecule has 4 nitrogen and oxygen atoms in total. The number of nitrogens with one attached hydrogen (secondary N) is 2. The Morgan fingerprint density at radius 1 is 1.06 bits per heavy atom. The van der Waals surface area contributed by atoms with Gasteiger partial charge in [0.25, 0.3) is 0 Å². The number of Topliss-reactive ketones (excluding diaryl/α,β-unsaturated/α-hetero) is 2. The van der Waals surface area contributed by atoms with Gasteiger partial charge in [-0.3, -0.25) is 9.59 Å². The van der Waals surface area contributed by atoms with Crippen LogP contribution in [-0.4, -0.2) is 24.7 Å². The standard InChI is InChI=1S/C14H22N2O2/c1-9(2)14(3)7-10(17)12(11(18)8-14)13-15-5-4-6-16-13/h9,15-16H,4-8H2,1-3H3. The molecule has 0 bridgehead atoms. The molecule has 1 aliphatic heterocycles. The second-order valence-electron chi connectivity index (χ2n) is 5.97. The summed E-state index contributed by atoms with van der Waals surface area (Å²) in [5.74, 6) is 0.963. The highest BCUT2D eigenvalue weighted by Crippen LogP contribution is 2.40. The average Bonchev–Trinajstić information content (AvgIpc) is 2.29. The SMILES string of the molecule is CC(C)C1(C)CC(=O)C(=C2NCCCN2)C(=O)C1. The molecule has 0 atom stereocenters. The lowest BCUT2D eigenvalue weighted by molar-refractivity contribution is -0.129. The van der Waals surface area contributed by atoms with Gasteiger partial charge >= 0.3 is 0 Å². The van der Waals surface area contributed by atoms with Crippen molar-refractivity contribution in [1.29, 1.82) is 0 Å². The highest BCUT2D eigenvalue weighted by molar-refractivity contribution is 6.22. The van der Waals surface area contributed by atoms with E-state index in [4.69, 9.17) is 0 Å². The molecule has 2 aliphatic rings. The zero-order valence-corrected chi connectivity index (χ0v) is 11.4.